The normalized spacial score (nSPS) is 21.9. The third kappa shape index (κ3) is 3.53. The quantitative estimate of drug-likeness (QED) is 0.898. The van der Waals surface area contributed by atoms with Gasteiger partial charge in [-0.2, -0.15) is 0 Å². The summed E-state index contributed by atoms with van der Waals surface area (Å²) in [6.07, 6.45) is 0. The Balaban J connectivity index is 2.15. The van der Waals surface area contributed by atoms with Gasteiger partial charge in [-0.15, -0.1) is 0 Å². The van der Waals surface area contributed by atoms with E-state index in [9.17, 15) is 8.78 Å². The zero-order chi connectivity index (χ0) is 14.5. The maximum absolute atomic E-state index is 14.0. The van der Waals surface area contributed by atoms with E-state index in [1.807, 2.05) is 6.92 Å². The van der Waals surface area contributed by atoms with Crippen LogP contribution < -0.4 is 5.32 Å². The van der Waals surface area contributed by atoms with Gasteiger partial charge in [-0.05, 0) is 19.5 Å². The Kier molecular flexibility index (Phi) is 5.46. The van der Waals surface area contributed by atoms with E-state index in [1.54, 1.807) is 12.1 Å². The number of rotatable bonds is 5. The Labute approximate surface area is 118 Å². The summed E-state index contributed by atoms with van der Waals surface area (Å²) in [5.41, 5.74) is 0.394. The molecule has 1 aliphatic rings. The van der Waals surface area contributed by atoms with Gasteiger partial charge in [0.1, 0.15) is 0 Å². The van der Waals surface area contributed by atoms with Crippen molar-refractivity contribution in [2.75, 3.05) is 32.8 Å². The lowest BCUT2D eigenvalue weighted by Gasteiger charge is -2.36. The van der Waals surface area contributed by atoms with Crippen molar-refractivity contribution in [3.63, 3.8) is 0 Å². The van der Waals surface area contributed by atoms with Gasteiger partial charge in [-0.1, -0.05) is 19.1 Å². The molecule has 1 aliphatic heterocycles. The van der Waals surface area contributed by atoms with E-state index in [0.717, 1.165) is 12.6 Å². The van der Waals surface area contributed by atoms with Gasteiger partial charge in [0.05, 0.1) is 13.2 Å². The highest BCUT2D eigenvalue weighted by molar-refractivity contribution is 5.23. The minimum Gasteiger partial charge on any atom is -0.379 e. The van der Waals surface area contributed by atoms with E-state index in [2.05, 4.69) is 17.1 Å². The standard InChI is InChI=1S/C15H22F2N2O/c1-3-18-14(9-19-7-8-20-10-11(19)2)12-5-4-6-13(16)15(12)17/h4-6,11,14,18H,3,7-10H2,1-2H3. The van der Waals surface area contributed by atoms with Gasteiger partial charge in [0, 0.05) is 30.7 Å². The zero-order valence-electron chi connectivity index (χ0n) is 12.0. The third-order valence-corrected chi connectivity index (χ3v) is 3.73. The molecule has 2 unspecified atom stereocenters. The lowest BCUT2D eigenvalue weighted by molar-refractivity contribution is -0.00459. The molecule has 3 nitrogen and oxygen atoms in total. The molecule has 0 bridgehead atoms. The highest BCUT2D eigenvalue weighted by Crippen LogP contribution is 2.22. The van der Waals surface area contributed by atoms with E-state index in [-0.39, 0.29) is 6.04 Å². The van der Waals surface area contributed by atoms with Gasteiger partial charge < -0.3 is 10.1 Å². The van der Waals surface area contributed by atoms with E-state index in [0.29, 0.717) is 37.9 Å². The number of benzene rings is 1. The van der Waals surface area contributed by atoms with Crippen LogP contribution in [0, 0.1) is 11.6 Å². The molecule has 0 spiro atoms. The largest absolute Gasteiger partial charge is 0.379 e. The molecule has 1 fully saturated rings. The van der Waals surface area contributed by atoms with Crippen molar-refractivity contribution >= 4 is 0 Å². The number of ether oxygens (including phenoxy) is 1. The Morgan fingerprint density at radius 2 is 2.25 bits per heavy atom. The second-order valence-corrected chi connectivity index (χ2v) is 5.17. The fourth-order valence-electron chi connectivity index (χ4n) is 2.58. The number of hydrogen-bond acceptors (Lipinski definition) is 3. The highest BCUT2D eigenvalue weighted by atomic mass is 19.2. The number of nitrogens with one attached hydrogen (secondary N) is 1. The molecule has 1 heterocycles. The maximum atomic E-state index is 14.0. The lowest BCUT2D eigenvalue weighted by Crippen LogP contribution is -2.47. The zero-order valence-corrected chi connectivity index (χ0v) is 12.0. The summed E-state index contributed by atoms with van der Waals surface area (Å²) in [6.45, 7) is 7.61. The van der Waals surface area contributed by atoms with E-state index in [1.165, 1.54) is 0 Å². The fourth-order valence-corrected chi connectivity index (χ4v) is 2.58. The van der Waals surface area contributed by atoms with E-state index in [4.69, 9.17) is 4.74 Å². The topological polar surface area (TPSA) is 24.5 Å². The molecule has 0 radical (unpaired) electrons. The second kappa shape index (κ2) is 7.11. The molecule has 0 saturated carbocycles. The second-order valence-electron chi connectivity index (χ2n) is 5.17. The van der Waals surface area contributed by atoms with Gasteiger partial charge >= 0.3 is 0 Å². The van der Waals surface area contributed by atoms with Crippen LogP contribution in [0.5, 0.6) is 0 Å². The molecule has 112 valence electrons. The monoisotopic (exact) mass is 284 g/mol. The SMILES string of the molecule is CCNC(CN1CCOCC1C)c1cccc(F)c1F. The van der Waals surface area contributed by atoms with Crippen LogP contribution in [0.25, 0.3) is 0 Å². The summed E-state index contributed by atoms with van der Waals surface area (Å²) in [5.74, 6) is -1.54. The average Bonchev–Trinajstić information content (AvgIpc) is 2.44. The molecule has 1 N–H and O–H groups in total. The minimum atomic E-state index is -0.791. The predicted molar refractivity (Wildman–Crippen MR) is 74.6 cm³/mol. The molecular formula is C15H22F2N2O. The Morgan fingerprint density at radius 1 is 1.45 bits per heavy atom. The summed E-state index contributed by atoms with van der Waals surface area (Å²) >= 11 is 0. The Bertz CT molecular complexity index is 442. The van der Waals surface area contributed by atoms with Gasteiger partial charge in [0.15, 0.2) is 11.6 Å². The average molecular weight is 284 g/mol. The smallest absolute Gasteiger partial charge is 0.163 e. The fraction of sp³-hybridized carbons (Fsp3) is 0.600. The van der Waals surface area contributed by atoms with Crippen molar-refractivity contribution in [2.24, 2.45) is 0 Å². The first kappa shape index (κ1) is 15.4. The summed E-state index contributed by atoms with van der Waals surface area (Å²) in [6, 6.07) is 4.44. The van der Waals surface area contributed by atoms with Gasteiger partial charge in [-0.3, -0.25) is 4.90 Å². The summed E-state index contributed by atoms with van der Waals surface area (Å²) < 4.78 is 32.8. The Morgan fingerprint density at radius 3 is 2.95 bits per heavy atom. The predicted octanol–water partition coefficient (Wildman–Crippen LogP) is 2.34. The first-order valence-electron chi connectivity index (χ1n) is 7.12. The van der Waals surface area contributed by atoms with Crippen molar-refractivity contribution in [3.05, 3.63) is 35.4 Å². The molecule has 2 atom stereocenters. The number of nitrogens with zero attached hydrogens (tertiary/aromatic N) is 1. The first-order chi connectivity index (χ1) is 9.63. The summed E-state index contributed by atoms with van der Waals surface area (Å²) in [5, 5.41) is 3.25. The molecule has 0 amide bonds. The summed E-state index contributed by atoms with van der Waals surface area (Å²) in [7, 11) is 0. The highest BCUT2D eigenvalue weighted by Gasteiger charge is 2.25. The number of halogens is 2. The van der Waals surface area contributed by atoms with Crippen molar-refractivity contribution in [3.8, 4) is 0 Å². The molecule has 1 saturated heterocycles. The lowest BCUT2D eigenvalue weighted by atomic mass is 10.0. The van der Waals surface area contributed by atoms with Crippen LogP contribution >= 0.6 is 0 Å². The number of hydrogen-bond donors (Lipinski definition) is 1. The number of morpholine rings is 1. The summed E-state index contributed by atoms with van der Waals surface area (Å²) in [4.78, 5) is 2.25. The van der Waals surface area contributed by atoms with Crippen molar-refractivity contribution < 1.29 is 13.5 Å². The van der Waals surface area contributed by atoms with Crippen LogP contribution in [0.1, 0.15) is 25.5 Å². The maximum Gasteiger partial charge on any atom is 0.163 e. The van der Waals surface area contributed by atoms with E-state index >= 15 is 0 Å². The molecular weight excluding hydrogens is 262 g/mol. The first-order valence-corrected chi connectivity index (χ1v) is 7.12. The van der Waals surface area contributed by atoms with E-state index < -0.39 is 11.6 Å². The minimum absolute atomic E-state index is 0.212. The van der Waals surface area contributed by atoms with Gasteiger partial charge in [-0.25, -0.2) is 8.78 Å². The van der Waals surface area contributed by atoms with Crippen LogP contribution in [-0.4, -0.2) is 43.8 Å². The molecule has 2 rings (SSSR count). The molecule has 0 aromatic heterocycles. The van der Waals surface area contributed by atoms with Crippen molar-refractivity contribution in [1.29, 1.82) is 0 Å². The molecule has 20 heavy (non-hydrogen) atoms. The van der Waals surface area contributed by atoms with Gasteiger partial charge in [0.2, 0.25) is 0 Å². The van der Waals surface area contributed by atoms with Crippen LogP contribution in [0.4, 0.5) is 8.78 Å². The van der Waals surface area contributed by atoms with Crippen LogP contribution in [0.15, 0.2) is 18.2 Å². The van der Waals surface area contributed by atoms with Crippen molar-refractivity contribution in [2.45, 2.75) is 25.9 Å². The van der Waals surface area contributed by atoms with Crippen molar-refractivity contribution in [1.82, 2.24) is 10.2 Å². The van der Waals surface area contributed by atoms with Crippen LogP contribution in [0.3, 0.4) is 0 Å². The Hall–Kier alpha value is -1.04. The molecule has 1 aromatic carbocycles. The van der Waals surface area contributed by atoms with Crippen LogP contribution in [-0.2, 0) is 4.74 Å². The molecule has 0 aliphatic carbocycles. The molecule has 5 heteroatoms. The number of likely N-dealkylation sites (N-methyl/N-ethyl adjacent to an activating group) is 1. The van der Waals surface area contributed by atoms with Crippen LogP contribution in [0.2, 0.25) is 0 Å². The third-order valence-electron chi connectivity index (χ3n) is 3.73. The van der Waals surface area contributed by atoms with Gasteiger partial charge in [0.25, 0.3) is 0 Å². The molecule has 1 aromatic rings.